The average molecular weight is 1910 g/mol. The number of hydrogen-bond donors (Lipinski definition) is 24. The number of aromatic carboxylic acids is 5. The summed E-state index contributed by atoms with van der Waals surface area (Å²) >= 11 is 0. The predicted octanol–water partition coefficient (Wildman–Crippen LogP) is 3.74. The molecule has 0 aliphatic carbocycles. The number of aliphatic carboxylic acids is 10. The van der Waals surface area contributed by atoms with Crippen molar-refractivity contribution in [1.29, 1.82) is 0 Å². The number of nitrogens with two attached hydrogens (primary N) is 3. The molecule has 0 bridgehead atoms. The highest BCUT2D eigenvalue weighted by Crippen LogP contribution is 2.15. The van der Waals surface area contributed by atoms with E-state index in [1.54, 1.807) is 67.6 Å². The van der Waals surface area contributed by atoms with Gasteiger partial charge in [0.1, 0.15) is 29.7 Å². The number of rotatable bonds is 49. The normalized spacial score (nSPS) is 9.81. The third-order valence-electron chi connectivity index (χ3n) is 14.4. The van der Waals surface area contributed by atoms with Crippen LogP contribution in [0.1, 0.15) is 191 Å². The standard InChI is InChI=1S/C12H14O4.C12H14O3.C11H13NO3.C9H9NO4.C9H9NO3.C6H11NO4.C6H11NO3.C5H9NO4.C5H9NO3.C4H9NO4S.C3H7NO4S/c13-11(14)4-2-1-3-9-5-7-10(8-6-9)12(15)16;1-9(13)3-2-4-10-5-7-11(8-6-10)12(14)15;1-8(13)6-7-12-10-4-2-9(3-5-10)11(14)15;11-8(12)5-10-7-3-1-6(2-4-7)9(13)14;1-5(11)6-2-7(9(12)13)4-8(10)3-6;8-5(9)1-3-7-4-2-6(10)11;1-5(8)2-3-7-4-6(9)10;7-4(8)1-2-6-3-5(9)10;1-4(7)2-6-3-5(8)9;5-10(8,9)3-1-2-4(6)7;4-9(7,8)2-1-3(5)6/h5-8H,1-4H2,(H,13,14)(H,15,16);5-8H,2-4H2,1H3,(H,14,15);2-5,12H,6-7H2,1H3,(H,14,15);1-4,10H,5H2,(H,11,12)(H,13,14);2-4H,10H2,1H3,(H,12,13);7H,1-4H2,(H,8,9)(H,10,11);7H,2-4H2,1H3,(H,9,10);6H,1-3H2,(H,7,8)(H,9,10);6H,2-3H2,1H3,(H,8,9);1-3H2,(H,6,7)(H2,5,8,9);1-2H2,(H,5,6)(H2,4,7,8). The van der Waals surface area contributed by atoms with E-state index >= 15 is 0 Å². The van der Waals surface area contributed by atoms with Crippen molar-refractivity contribution in [2.45, 2.75) is 131 Å². The number of ketones is 5. The number of Topliss-reactive ketones (excluding diaryl/α,β-unsaturated/α-hetero) is 5. The van der Waals surface area contributed by atoms with Crippen molar-refractivity contribution in [2.24, 2.45) is 10.3 Å². The van der Waals surface area contributed by atoms with E-state index in [1.165, 1.54) is 82.3 Å². The lowest BCUT2D eigenvalue weighted by Gasteiger charge is -2.04. The highest BCUT2D eigenvalue weighted by atomic mass is 32.2. The van der Waals surface area contributed by atoms with Crippen LogP contribution >= 0.6 is 0 Å². The van der Waals surface area contributed by atoms with Gasteiger partial charge in [0.2, 0.25) is 20.0 Å². The summed E-state index contributed by atoms with van der Waals surface area (Å²) in [7, 11) is -7.08. The molecule has 0 spiro atoms. The summed E-state index contributed by atoms with van der Waals surface area (Å²) < 4.78 is 40.5. The Labute approximate surface area is 757 Å². The molecule has 0 aromatic heterocycles. The molecule has 0 atom stereocenters. The van der Waals surface area contributed by atoms with Gasteiger partial charge in [-0.3, -0.25) is 67.1 Å². The fourth-order valence-electron chi connectivity index (χ4n) is 8.14. The van der Waals surface area contributed by atoms with Crippen molar-refractivity contribution in [3.63, 3.8) is 0 Å². The third-order valence-corrected chi connectivity index (χ3v) is 16.1. The molecular formula is C82H115N9O39S2. The molecular weight excluding hydrogens is 1800 g/mol. The van der Waals surface area contributed by atoms with Crippen LogP contribution in [0.25, 0.3) is 0 Å². The first kappa shape index (κ1) is 128. The van der Waals surface area contributed by atoms with Gasteiger partial charge in [0, 0.05) is 87.5 Å². The van der Waals surface area contributed by atoms with Gasteiger partial charge in [0.25, 0.3) is 0 Å². The van der Waals surface area contributed by atoms with Crippen molar-refractivity contribution < 1.29 is 189 Å². The summed E-state index contributed by atoms with van der Waals surface area (Å²) in [6, 6.07) is 29.8. The van der Waals surface area contributed by atoms with Crippen LogP contribution in [0.2, 0.25) is 0 Å². The Balaban J connectivity index is -0.000000333. The lowest BCUT2D eigenvalue weighted by atomic mass is 10.1. The fraction of sp³-hybridized carbons (Fsp3) is 0.390. The van der Waals surface area contributed by atoms with Gasteiger partial charge < -0.3 is 119 Å². The molecule has 0 fully saturated rings. The van der Waals surface area contributed by atoms with Crippen molar-refractivity contribution in [3.8, 4) is 0 Å². The van der Waals surface area contributed by atoms with Crippen molar-refractivity contribution in [3.05, 3.63) is 160 Å². The van der Waals surface area contributed by atoms with Crippen LogP contribution in [-0.4, -0.2) is 289 Å². The van der Waals surface area contributed by atoms with Crippen LogP contribution < -0.4 is 47.9 Å². The molecule has 5 aromatic rings. The molecule has 0 unspecified atom stereocenters. The summed E-state index contributed by atoms with van der Waals surface area (Å²) in [6.07, 6.45) is 5.01. The number of carbonyl (C=O) groups excluding carboxylic acids is 5. The van der Waals surface area contributed by atoms with E-state index in [9.17, 15) is 113 Å². The minimum atomic E-state index is -3.60. The van der Waals surface area contributed by atoms with E-state index in [0.717, 1.165) is 42.5 Å². The number of hydrogen-bond acceptors (Lipinski definition) is 31. The number of aryl methyl sites for hydroxylation is 2. The number of benzene rings is 5. The summed E-state index contributed by atoms with van der Waals surface area (Å²) in [6.45, 7) is 8.73. The van der Waals surface area contributed by atoms with E-state index in [4.69, 9.17) is 82.3 Å². The number of unbranched alkanes of at least 4 members (excludes halogenated alkanes) is 1. The summed E-state index contributed by atoms with van der Waals surface area (Å²) in [5, 5.41) is 150. The number of anilines is 3. The van der Waals surface area contributed by atoms with Gasteiger partial charge in [-0.05, 0) is 175 Å². The molecule has 0 aliphatic rings. The summed E-state index contributed by atoms with van der Waals surface area (Å²) in [4.78, 5) is 205. The number of nitrogens with one attached hydrogen (secondary N) is 6. The smallest absolute Gasteiger partial charge is 0.335 e. The summed E-state index contributed by atoms with van der Waals surface area (Å²) in [5.74, 6) is -14.9. The number of nitrogen functional groups attached to an aromatic ring is 1. The second kappa shape index (κ2) is 76.6. The van der Waals surface area contributed by atoms with Gasteiger partial charge >= 0.3 is 89.5 Å². The van der Waals surface area contributed by atoms with E-state index < -0.39 is 122 Å². The Morgan fingerprint density at radius 2 is 0.568 bits per heavy atom. The number of sulfonamides is 2. The summed E-state index contributed by atoms with van der Waals surface area (Å²) in [5.41, 5.74) is 10.6. The molecule has 27 N–H and O–H groups in total. The zero-order valence-corrected chi connectivity index (χ0v) is 74.2. The topological polar surface area (TPSA) is 863 Å². The van der Waals surface area contributed by atoms with Crippen molar-refractivity contribution in [2.75, 3.05) is 93.3 Å². The highest BCUT2D eigenvalue weighted by molar-refractivity contribution is 7.89. The molecule has 0 aliphatic heterocycles. The van der Waals surface area contributed by atoms with Gasteiger partial charge in [-0.2, -0.15) is 0 Å². The second-order valence-corrected chi connectivity index (χ2v) is 30.1. The molecule has 0 amide bonds. The van der Waals surface area contributed by atoms with Crippen LogP contribution in [-0.2, 0) is 100 Å². The molecule has 0 radical (unpaired) electrons. The number of carboxylic acid groups (broad SMARTS) is 15. The zero-order chi connectivity index (χ0) is 103. The maximum absolute atomic E-state index is 10.9. The Kier molecular flexibility index (Phi) is 74.5. The number of carbonyl (C=O) groups is 20. The van der Waals surface area contributed by atoms with Crippen molar-refractivity contribution >= 4 is 156 Å². The largest absolute Gasteiger partial charge is 0.481 e. The zero-order valence-electron chi connectivity index (χ0n) is 72.6. The Bertz CT molecular complexity index is 4520. The SMILES string of the molecule is CC(=O)CCCc1ccc(C(=O)O)cc1.CC(=O)CCNCC(=O)O.CC(=O)CCNc1ccc(C(=O)O)cc1.CC(=O)CNCC(=O)O.CC(=O)c1cc(N)cc(C(=O)O)c1.NS(=O)(=O)CCC(=O)O.NS(=O)(=O)CCCC(=O)O.O=C(O)CCCCc1ccc(C(=O)O)cc1.O=C(O)CCNCC(=O)O.O=C(O)CCNCCC(=O)O.O=C(O)CNc1ccc(C(=O)O)cc1. The maximum Gasteiger partial charge on any atom is 0.335 e. The minimum Gasteiger partial charge on any atom is -0.481 e. The monoisotopic (exact) mass is 1910 g/mol. The van der Waals surface area contributed by atoms with E-state index in [2.05, 4.69) is 42.2 Å². The highest BCUT2D eigenvalue weighted by Gasteiger charge is 2.12. The lowest BCUT2D eigenvalue weighted by molar-refractivity contribution is -0.138. The first-order valence-corrected chi connectivity index (χ1v) is 42.1. The average Bonchev–Trinajstić information content (AvgIpc) is 0.850. The maximum atomic E-state index is 10.9. The van der Waals surface area contributed by atoms with Crippen LogP contribution in [0.15, 0.2) is 115 Å². The second-order valence-electron chi connectivity index (χ2n) is 26.6. The van der Waals surface area contributed by atoms with E-state index in [1.807, 2.05) is 0 Å². The predicted molar refractivity (Wildman–Crippen MR) is 472 cm³/mol. The molecule has 734 valence electrons. The fourth-order valence-corrected chi connectivity index (χ4v) is 9.15. The van der Waals surface area contributed by atoms with Gasteiger partial charge in [0.15, 0.2) is 5.78 Å². The van der Waals surface area contributed by atoms with Gasteiger partial charge in [-0.15, -0.1) is 0 Å². The van der Waals surface area contributed by atoms with E-state index in [-0.39, 0.29) is 140 Å². The van der Waals surface area contributed by atoms with Crippen LogP contribution in [0.3, 0.4) is 0 Å². The first-order valence-electron chi connectivity index (χ1n) is 38.7. The molecule has 5 rings (SSSR count). The van der Waals surface area contributed by atoms with Gasteiger partial charge in [0.05, 0.1) is 91.2 Å². The van der Waals surface area contributed by atoms with Gasteiger partial charge in [-0.1, -0.05) is 24.3 Å². The molecule has 0 saturated carbocycles. The Morgan fingerprint density at radius 1 is 0.265 bits per heavy atom. The minimum absolute atomic E-state index is 0.0274. The molecule has 132 heavy (non-hydrogen) atoms. The molecule has 0 saturated heterocycles. The van der Waals surface area contributed by atoms with Gasteiger partial charge in [-0.25, -0.2) is 51.1 Å². The molecule has 0 heterocycles. The van der Waals surface area contributed by atoms with Crippen molar-refractivity contribution in [1.82, 2.24) is 21.3 Å². The number of carboxylic acids is 15. The Morgan fingerprint density at radius 3 is 0.879 bits per heavy atom. The molecule has 50 heteroatoms. The quantitative estimate of drug-likeness (QED) is 0.0150. The molecule has 48 nitrogen and oxygen atoms in total. The lowest BCUT2D eigenvalue weighted by Crippen LogP contribution is -2.26. The number of primary sulfonamides is 2. The van der Waals surface area contributed by atoms with Crippen LogP contribution in [0.4, 0.5) is 17.1 Å². The van der Waals surface area contributed by atoms with Crippen LogP contribution in [0.5, 0.6) is 0 Å². The van der Waals surface area contributed by atoms with Crippen LogP contribution in [0, 0.1) is 0 Å². The Hall–Kier alpha value is -14.4. The van der Waals surface area contributed by atoms with E-state index in [0.29, 0.717) is 68.7 Å². The third kappa shape index (κ3) is 94.7. The molecule has 5 aromatic carbocycles. The first-order chi connectivity index (χ1) is 61.2.